The van der Waals surface area contributed by atoms with Gasteiger partial charge in [0, 0.05) is 13.2 Å². The van der Waals surface area contributed by atoms with Crippen LogP contribution < -0.4 is 5.32 Å². The van der Waals surface area contributed by atoms with E-state index in [1.165, 1.54) is 12.0 Å². The van der Waals surface area contributed by atoms with E-state index in [1.54, 1.807) is 7.11 Å². The Labute approximate surface area is 92.6 Å². The predicted molar refractivity (Wildman–Crippen MR) is 64.1 cm³/mol. The molecule has 1 aromatic carbocycles. The summed E-state index contributed by atoms with van der Waals surface area (Å²) in [6.45, 7) is 3.98. The van der Waals surface area contributed by atoms with Crippen molar-refractivity contribution in [3.63, 3.8) is 0 Å². The zero-order valence-electron chi connectivity index (χ0n) is 9.70. The number of rotatable bonds is 7. The van der Waals surface area contributed by atoms with Gasteiger partial charge >= 0.3 is 0 Å². The zero-order chi connectivity index (χ0) is 10.9. The van der Waals surface area contributed by atoms with Crippen molar-refractivity contribution in [1.82, 2.24) is 5.32 Å². The summed E-state index contributed by atoms with van der Waals surface area (Å²) in [5.41, 5.74) is 1.42. The molecule has 0 bridgehead atoms. The first-order chi connectivity index (χ1) is 7.33. The molecular weight excluding hydrogens is 186 g/mol. The minimum absolute atomic E-state index is 0.450. The highest BCUT2D eigenvalue weighted by Gasteiger charge is 1.98. The highest BCUT2D eigenvalue weighted by atomic mass is 16.5. The Bertz CT molecular complexity index is 248. The Balaban J connectivity index is 2.07. The van der Waals surface area contributed by atoms with Crippen molar-refractivity contribution >= 4 is 0 Å². The molecule has 84 valence electrons. The van der Waals surface area contributed by atoms with E-state index in [0.717, 1.165) is 19.6 Å². The molecule has 1 N–H and O–H groups in total. The van der Waals surface area contributed by atoms with Crippen LogP contribution in [0.15, 0.2) is 30.3 Å². The van der Waals surface area contributed by atoms with Crippen molar-refractivity contribution < 1.29 is 4.74 Å². The maximum Gasteiger partial charge on any atom is 0.0613 e. The highest BCUT2D eigenvalue weighted by Crippen LogP contribution is 2.01. The Morgan fingerprint density at radius 1 is 1.27 bits per heavy atom. The van der Waals surface area contributed by atoms with Crippen LogP contribution in [0, 0.1) is 0 Å². The van der Waals surface area contributed by atoms with Gasteiger partial charge in [-0.05, 0) is 31.9 Å². The molecule has 1 rings (SSSR count). The largest absolute Gasteiger partial charge is 0.383 e. The Hall–Kier alpha value is -0.860. The standard InChI is InChI=1S/C13H21NO/c1-12(11-15-2)14-10-6-9-13-7-4-3-5-8-13/h3-5,7-8,12,14H,6,9-11H2,1-2H3/t12-/m0/s1. The van der Waals surface area contributed by atoms with Gasteiger partial charge in [-0.2, -0.15) is 0 Å². The van der Waals surface area contributed by atoms with Gasteiger partial charge in [0.2, 0.25) is 0 Å². The van der Waals surface area contributed by atoms with Gasteiger partial charge in [0.05, 0.1) is 6.61 Å². The van der Waals surface area contributed by atoms with Crippen molar-refractivity contribution in [1.29, 1.82) is 0 Å². The summed E-state index contributed by atoms with van der Waals surface area (Å²) in [6, 6.07) is 11.1. The third-order valence-corrected chi connectivity index (χ3v) is 2.39. The SMILES string of the molecule is COC[C@H](C)NCCCc1ccccc1. The summed E-state index contributed by atoms with van der Waals surface area (Å²) >= 11 is 0. The van der Waals surface area contributed by atoms with Gasteiger partial charge in [-0.1, -0.05) is 30.3 Å². The maximum absolute atomic E-state index is 5.06. The van der Waals surface area contributed by atoms with Crippen LogP contribution in [0.2, 0.25) is 0 Å². The first-order valence-electron chi connectivity index (χ1n) is 5.59. The minimum atomic E-state index is 0.450. The van der Waals surface area contributed by atoms with E-state index in [-0.39, 0.29) is 0 Å². The number of ether oxygens (including phenoxy) is 1. The van der Waals surface area contributed by atoms with E-state index < -0.39 is 0 Å². The van der Waals surface area contributed by atoms with Crippen molar-refractivity contribution in [2.24, 2.45) is 0 Å². The normalized spacial score (nSPS) is 12.7. The number of hydrogen-bond donors (Lipinski definition) is 1. The molecular formula is C13H21NO. The van der Waals surface area contributed by atoms with Crippen molar-refractivity contribution in [2.45, 2.75) is 25.8 Å². The molecule has 2 heteroatoms. The summed E-state index contributed by atoms with van der Waals surface area (Å²) in [4.78, 5) is 0. The van der Waals surface area contributed by atoms with Crippen LogP contribution in [0.1, 0.15) is 18.9 Å². The summed E-state index contributed by atoms with van der Waals surface area (Å²) in [7, 11) is 1.74. The predicted octanol–water partition coefficient (Wildman–Crippen LogP) is 2.24. The van der Waals surface area contributed by atoms with Crippen LogP contribution in [-0.4, -0.2) is 26.3 Å². The molecule has 0 aliphatic carbocycles. The minimum Gasteiger partial charge on any atom is -0.383 e. The molecule has 0 spiro atoms. The summed E-state index contributed by atoms with van der Waals surface area (Å²) < 4.78 is 5.06. The maximum atomic E-state index is 5.06. The van der Waals surface area contributed by atoms with E-state index in [9.17, 15) is 0 Å². The average molecular weight is 207 g/mol. The Morgan fingerprint density at radius 2 is 2.00 bits per heavy atom. The quantitative estimate of drug-likeness (QED) is 0.692. The molecule has 1 atom stereocenters. The van der Waals surface area contributed by atoms with E-state index in [1.807, 2.05) is 0 Å². The fourth-order valence-electron chi connectivity index (χ4n) is 1.59. The van der Waals surface area contributed by atoms with E-state index in [0.29, 0.717) is 6.04 Å². The number of hydrogen-bond acceptors (Lipinski definition) is 2. The molecule has 0 unspecified atom stereocenters. The molecule has 1 aromatic rings. The monoisotopic (exact) mass is 207 g/mol. The van der Waals surface area contributed by atoms with Crippen LogP contribution in [0.4, 0.5) is 0 Å². The van der Waals surface area contributed by atoms with Crippen molar-refractivity contribution in [3.05, 3.63) is 35.9 Å². The molecule has 0 aromatic heterocycles. The summed E-state index contributed by atoms with van der Waals surface area (Å²) in [6.07, 6.45) is 2.33. The Kier molecular flexibility index (Phi) is 6.05. The third-order valence-electron chi connectivity index (χ3n) is 2.39. The number of aryl methyl sites for hydroxylation is 1. The van der Waals surface area contributed by atoms with Crippen LogP contribution in [0.3, 0.4) is 0 Å². The highest BCUT2D eigenvalue weighted by molar-refractivity contribution is 5.14. The molecule has 0 heterocycles. The molecule has 0 saturated heterocycles. The molecule has 0 aliphatic rings. The summed E-state index contributed by atoms with van der Waals surface area (Å²) in [5.74, 6) is 0. The molecule has 0 radical (unpaired) electrons. The molecule has 2 nitrogen and oxygen atoms in total. The van der Waals surface area contributed by atoms with Gasteiger partial charge in [0.1, 0.15) is 0 Å². The fourth-order valence-corrected chi connectivity index (χ4v) is 1.59. The van der Waals surface area contributed by atoms with Gasteiger partial charge in [-0.15, -0.1) is 0 Å². The molecule has 0 aliphatic heterocycles. The van der Waals surface area contributed by atoms with Gasteiger partial charge in [-0.3, -0.25) is 0 Å². The lowest BCUT2D eigenvalue weighted by Gasteiger charge is -2.12. The topological polar surface area (TPSA) is 21.3 Å². The van der Waals surface area contributed by atoms with Gasteiger partial charge in [0.15, 0.2) is 0 Å². The second-order valence-corrected chi connectivity index (χ2v) is 3.90. The smallest absolute Gasteiger partial charge is 0.0613 e. The Morgan fingerprint density at radius 3 is 2.67 bits per heavy atom. The average Bonchev–Trinajstić information content (AvgIpc) is 2.26. The molecule has 0 fully saturated rings. The molecule has 0 amide bonds. The van der Waals surface area contributed by atoms with Crippen molar-refractivity contribution in [2.75, 3.05) is 20.3 Å². The summed E-state index contributed by atoms with van der Waals surface area (Å²) in [5, 5.41) is 3.43. The lowest BCUT2D eigenvalue weighted by molar-refractivity contribution is 0.172. The third kappa shape index (κ3) is 5.55. The van der Waals surface area contributed by atoms with E-state index in [4.69, 9.17) is 4.74 Å². The lowest BCUT2D eigenvalue weighted by atomic mass is 10.1. The fraction of sp³-hybridized carbons (Fsp3) is 0.538. The number of benzene rings is 1. The van der Waals surface area contributed by atoms with Gasteiger partial charge < -0.3 is 10.1 Å². The second-order valence-electron chi connectivity index (χ2n) is 3.90. The van der Waals surface area contributed by atoms with Gasteiger partial charge in [0.25, 0.3) is 0 Å². The first-order valence-corrected chi connectivity index (χ1v) is 5.59. The molecule has 0 saturated carbocycles. The van der Waals surface area contributed by atoms with E-state index in [2.05, 4.69) is 42.6 Å². The van der Waals surface area contributed by atoms with Crippen molar-refractivity contribution in [3.8, 4) is 0 Å². The molecule has 15 heavy (non-hydrogen) atoms. The van der Waals surface area contributed by atoms with Gasteiger partial charge in [-0.25, -0.2) is 0 Å². The number of nitrogens with one attached hydrogen (secondary N) is 1. The van der Waals surface area contributed by atoms with Crippen LogP contribution in [0.25, 0.3) is 0 Å². The van der Waals surface area contributed by atoms with E-state index >= 15 is 0 Å². The first kappa shape index (κ1) is 12.2. The lowest BCUT2D eigenvalue weighted by Crippen LogP contribution is -2.31. The van der Waals surface area contributed by atoms with Crippen LogP contribution in [-0.2, 0) is 11.2 Å². The zero-order valence-corrected chi connectivity index (χ0v) is 9.70. The second kappa shape index (κ2) is 7.43. The van der Waals surface area contributed by atoms with Crippen LogP contribution in [0.5, 0.6) is 0 Å². The number of methoxy groups -OCH3 is 1. The van der Waals surface area contributed by atoms with Crippen LogP contribution >= 0.6 is 0 Å².